The van der Waals surface area contributed by atoms with Gasteiger partial charge in [-0.2, -0.15) is 0 Å². The van der Waals surface area contributed by atoms with Crippen LogP contribution in [0.2, 0.25) is 5.02 Å². The van der Waals surface area contributed by atoms with Crippen LogP contribution < -0.4 is 11.1 Å². The SMILES string of the molecule is COC(=O)C(Nc1ccc(N)cc1Cl)C(C)C. The fourth-order valence-electron chi connectivity index (χ4n) is 1.44. The van der Waals surface area contributed by atoms with Gasteiger partial charge in [-0.1, -0.05) is 25.4 Å². The van der Waals surface area contributed by atoms with Crippen LogP contribution in [0.3, 0.4) is 0 Å². The summed E-state index contributed by atoms with van der Waals surface area (Å²) in [6, 6.07) is 4.68. The number of nitrogens with two attached hydrogens (primary N) is 1. The van der Waals surface area contributed by atoms with E-state index >= 15 is 0 Å². The van der Waals surface area contributed by atoms with Crippen LogP contribution in [0.15, 0.2) is 18.2 Å². The van der Waals surface area contributed by atoms with Crippen molar-refractivity contribution in [3.63, 3.8) is 0 Å². The van der Waals surface area contributed by atoms with E-state index in [4.69, 9.17) is 22.1 Å². The average molecular weight is 257 g/mol. The summed E-state index contributed by atoms with van der Waals surface area (Å²) in [5.74, 6) is -0.219. The predicted molar refractivity (Wildman–Crippen MR) is 70.1 cm³/mol. The third kappa shape index (κ3) is 3.53. The van der Waals surface area contributed by atoms with Crippen molar-refractivity contribution in [3.05, 3.63) is 23.2 Å². The van der Waals surface area contributed by atoms with E-state index in [1.54, 1.807) is 18.2 Å². The smallest absolute Gasteiger partial charge is 0.328 e. The number of carbonyl (C=O) groups excluding carboxylic acids is 1. The molecule has 0 amide bonds. The molecule has 0 aliphatic rings. The van der Waals surface area contributed by atoms with E-state index in [9.17, 15) is 4.79 Å². The quantitative estimate of drug-likeness (QED) is 0.642. The Hall–Kier alpha value is -1.42. The van der Waals surface area contributed by atoms with E-state index in [1.807, 2.05) is 13.8 Å². The Bertz CT molecular complexity index is 407. The van der Waals surface area contributed by atoms with Crippen molar-refractivity contribution in [2.45, 2.75) is 19.9 Å². The predicted octanol–water partition coefficient (Wildman–Crippen LogP) is 2.53. The number of hydrogen-bond donors (Lipinski definition) is 2. The first kappa shape index (κ1) is 13.6. The molecular weight excluding hydrogens is 240 g/mol. The van der Waals surface area contributed by atoms with Gasteiger partial charge in [-0.25, -0.2) is 4.79 Å². The number of methoxy groups -OCH3 is 1. The van der Waals surface area contributed by atoms with Gasteiger partial charge >= 0.3 is 5.97 Å². The molecule has 1 aromatic carbocycles. The van der Waals surface area contributed by atoms with Crippen LogP contribution in [-0.4, -0.2) is 19.1 Å². The molecule has 0 heterocycles. The molecule has 4 nitrogen and oxygen atoms in total. The Morgan fingerprint density at radius 3 is 2.59 bits per heavy atom. The van der Waals surface area contributed by atoms with Crippen molar-refractivity contribution >= 4 is 28.9 Å². The molecule has 17 heavy (non-hydrogen) atoms. The molecule has 94 valence electrons. The number of ether oxygens (including phenoxy) is 1. The van der Waals surface area contributed by atoms with Crippen molar-refractivity contribution in [1.29, 1.82) is 0 Å². The van der Waals surface area contributed by atoms with Crippen LogP contribution in [0.4, 0.5) is 11.4 Å². The van der Waals surface area contributed by atoms with Gasteiger partial charge in [0.1, 0.15) is 6.04 Å². The lowest BCUT2D eigenvalue weighted by Gasteiger charge is -2.21. The highest BCUT2D eigenvalue weighted by molar-refractivity contribution is 6.33. The first-order chi connectivity index (χ1) is 7.95. The molecule has 0 aromatic heterocycles. The molecular formula is C12H17ClN2O2. The molecule has 0 radical (unpaired) electrons. The van der Waals surface area contributed by atoms with Gasteiger partial charge in [0.05, 0.1) is 17.8 Å². The van der Waals surface area contributed by atoms with Gasteiger partial charge in [0.2, 0.25) is 0 Å². The number of rotatable bonds is 4. The van der Waals surface area contributed by atoms with Gasteiger partial charge in [-0.05, 0) is 24.1 Å². The molecule has 0 aliphatic heterocycles. The van der Waals surface area contributed by atoms with Gasteiger partial charge < -0.3 is 15.8 Å². The third-order valence-corrected chi connectivity index (χ3v) is 2.74. The van der Waals surface area contributed by atoms with E-state index < -0.39 is 6.04 Å². The maximum atomic E-state index is 11.6. The summed E-state index contributed by atoms with van der Waals surface area (Å²) in [7, 11) is 1.37. The van der Waals surface area contributed by atoms with Gasteiger partial charge in [0.25, 0.3) is 0 Å². The van der Waals surface area contributed by atoms with Crippen LogP contribution in [0.1, 0.15) is 13.8 Å². The van der Waals surface area contributed by atoms with E-state index in [2.05, 4.69) is 5.32 Å². The minimum Gasteiger partial charge on any atom is -0.467 e. The largest absolute Gasteiger partial charge is 0.467 e. The lowest BCUT2D eigenvalue weighted by molar-refractivity contribution is -0.142. The van der Waals surface area contributed by atoms with Gasteiger partial charge in [-0.15, -0.1) is 0 Å². The Morgan fingerprint density at radius 2 is 2.12 bits per heavy atom. The maximum Gasteiger partial charge on any atom is 0.328 e. The molecule has 0 saturated carbocycles. The first-order valence-corrected chi connectivity index (χ1v) is 5.73. The number of esters is 1. The zero-order chi connectivity index (χ0) is 13.0. The number of nitrogen functional groups attached to an aromatic ring is 1. The fraction of sp³-hybridized carbons (Fsp3) is 0.417. The van der Waals surface area contributed by atoms with Crippen LogP contribution in [0.25, 0.3) is 0 Å². The minimum atomic E-state index is -0.430. The highest BCUT2D eigenvalue weighted by atomic mass is 35.5. The molecule has 0 fully saturated rings. The molecule has 0 aliphatic carbocycles. The second-order valence-electron chi connectivity index (χ2n) is 4.13. The van der Waals surface area contributed by atoms with Gasteiger partial charge in [0, 0.05) is 5.69 Å². The standard InChI is InChI=1S/C12H17ClN2O2/c1-7(2)11(12(16)17-3)15-10-5-4-8(14)6-9(10)13/h4-7,11,15H,14H2,1-3H3. The molecule has 1 atom stereocenters. The lowest BCUT2D eigenvalue weighted by atomic mass is 10.0. The lowest BCUT2D eigenvalue weighted by Crippen LogP contribution is -2.35. The van der Waals surface area contributed by atoms with Crippen molar-refractivity contribution in [2.75, 3.05) is 18.2 Å². The Morgan fingerprint density at radius 1 is 1.47 bits per heavy atom. The first-order valence-electron chi connectivity index (χ1n) is 5.35. The van der Waals surface area contributed by atoms with E-state index in [0.717, 1.165) is 0 Å². The summed E-state index contributed by atoms with van der Waals surface area (Å²) >= 11 is 6.03. The summed E-state index contributed by atoms with van der Waals surface area (Å²) in [5, 5.41) is 3.55. The topological polar surface area (TPSA) is 64.3 Å². The molecule has 0 spiro atoms. The number of anilines is 2. The normalized spacial score (nSPS) is 12.3. The molecule has 1 unspecified atom stereocenters. The van der Waals surface area contributed by atoms with Crippen LogP contribution in [0, 0.1) is 5.92 Å². The van der Waals surface area contributed by atoms with Crippen molar-refractivity contribution in [1.82, 2.24) is 0 Å². The van der Waals surface area contributed by atoms with E-state index in [-0.39, 0.29) is 11.9 Å². The molecule has 5 heteroatoms. The zero-order valence-corrected chi connectivity index (χ0v) is 10.9. The maximum absolute atomic E-state index is 11.6. The van der Waals surface area contributed by atoms with Crippen molar-refractivity contribution in [3.8, 4) is 0 Å². The summed E-state index contributed by atoms with van der Waals surface area (Å²) in [5.41, 5.74) is 6.85. The summed E-state index contributed by atoms with van der Waals surface area (Å²) in [4.78, 5) is 11.6. The third-order valence-electron chi connectivity index (χ3n) is 2.43. The fourth-order valence-corrected chi connectivity index (χ4v) is 1.68. The van der Waals surface area contributed by atoms with Crippen molar-refractivity contribution < 1.29 is 9.53 Å². The Balaban J connectivity index is 2.90. The Kier molecular flexibility index (Phi) is 4.63. The van der Waals surface area contributed by atoms with Crippen molar-refractivity contribution in [2.24, 2.45) is 5.92 Å². The van der Waals surface area contributed by atoms with E-state index in [1.165, 1.54) is 7.11 Å². The summed E-state index contributed by atoms with van der Waals surface area (Å²) in [6.45, 7) is 3.86. The average Bonchev–Trinajstić information content (AvgIpc) is 2.26. The second-order valence-corrected chi connectivity index (χ2v) is 4.54. The number of halogens is 1. The minimum absolute atomic E-state index is 0.0936. The number of hydrogen-bond acceptors (Lipinski definition) is 4. The molecule has 0 saturated heterocycles. The molecule has 1 rings (SSSR count). The zero-order valence-electron chi connectivity index (χ0n) is 10.2. The van der Waals surface area contributed by atoms with Gasteiger partial charge in [0.15, 0.2) is 0 Å². The molecule has 1 aromatic rings. The highest BCUT2D eigenvalue weighted by Crippen LogP contribution is 2.25. The van der Waals surface area contributed by atoms with Crippen LogP contribution in [-0.2, 0) is 9.53 Å². The van der Waals surface area contributed by atoms with Gasteiger partial charge in [-0.3, -0.25) is 0 Å². The molecule has 3 N–H and O–H groups in total. The number of carbonyl (C=O) groups is 1. The van der Waals surface area contributed by atoms with Crippen LogP contribution >= 0.6 is 11.6 Å². The van der Waals surface area contributed by atoms with E-state index in [0.29, 0.717) is 16.4 Å². The monoisotopic (exact) mass is 256 g/mol. The number of nitrogens with one attached hydrogen (secondary N) is 1. The van der Waals surface area contributed by atoms with Crippen LogP contribution in [0.5, 0.6) is 0 Å². The highest BCUT2D eigenvalue weighted by Gasteiger charge is 2.23. The summed E-state index contributed by atoms with van der Waals surface area (Å²) in [6.07, 6.45) is 0. The second kappa shape index (κ2) is 5.77. The molecule has 0 bridgehead atoms. The summed E-state index contributed by atoms with van der Waals surface area (Å²) < 4.78 is 4.74. The Labute approximate surface area is 106 Å². The number of benzene rings is 1.